The summed E-state index contributed by atoms with van der Waals surface area (Å²) in [6, 6.07) is 24.8. The zero-order chi connectivity index (χ0) is 17.9. The first-order chi connectivity index (χ1) is 12.7. The zero-order valence-corrected chi connectivity index (χ0v) is 13.8. The highest BCUT2D eigenvalue weighted by atomic mass is 16.4. The highest BCUT2D eigenvalue weighted by molar-refractivity contribution is 5.89. The van der Waals surface area contributed by atoms with E-state index in [-0.39, 0.29) is 5.56 Å². The molecule has 0 saturated heterocycles. The van der Waals surface area contributed by atoms with Crippen LogP contribution in [0.4, 0.5) is 0 Å². The van der Waals surface area contributed by atoms with Crippen molar-refractivity contribution in [1.29, 1.82) is 0 Å². The third-order valence-corrected chi connectivity index (χ3v) is 4.15. The molecule has 0 saturated carbocycles. The summed E-state index contributed by atoms with van der Waals surface area (Å²) >= 11 is 0. The van der Waals surface area contributed by atoms with Crippen molar-refractivity contribution in [3.63, 3.8) is 0 Å². The van der Waals surface area contributed by atoms with Crippen molar-refractivity contribution in [2.45, 2.75) is 0 Å². The molecule has 0 aliphatic rings. The van der Waals surface area contributed by atoms with Gasteiger partial charge in [0.1, 0.15) is 12.0 Å². The van der Waals surface area contributed by atoms with Crippen molar-refractivity contribution >= 4 is 5.97 Å². The molecule has 4 aromatic rings. The second-order valence-corrected chi connectivity index (χ2v) is 5.87. The average Bonchev–Trinajstić information content (AvgIpc) is 3.19. The number of benzene rings is 3. The van der Waals surface area contributed by atoms with Crippen LogP contribution in [0.15, 0.2) is 89.5 Å². The number of hydrogen-bond acceptors (Lipinski definition) is 3. The lowest BCUT2D eigenvalue weighted by Gasteiger charge is -2.02. The maximum atomic E-state index is 11.1. The first-order valence-electron chi connectivity index (χ1n) is 8.16. The Hall–Kier alpha value is -3.66. The molecule has 0 atom stereocenters. The molecular weight excluding hydrogens is 326 g/mol. The third-order valence-electron chi connectivity index (χ3n) is 4.15. The molecule has 0 radical (unpaired) electrons. The summed E-state index contributed by atoms with van der Waals surface area (Å²) in [4.78, 5) is 15.6. The predicted molar refractivity (Wildman–Crippen MR) is 99.8 cm³/mol. The number of rotatable bonds is 4. The molecule has 3 aromatic carbocycles. The van der Waals surface area contributed by atoms with E-state index in [9.17, 15) is 4.79 Å². The Kier molecular flexibility index (Phi) is 4.07. The summed E-state index contributed by atoms with van der Waals surface area (Å²) in [5, 5.41) is 9.11. The number of hydrogen-bond donors (Lipinski definition) is 1. The first-order valence-corrected chi connectivity index (χ1v) is 8.16. The van der Waals surface area contributed by atoms with Gasteiger partial charge in [0, 0.05) is 11.1 Å². The summed E-state index contributed by atoms with van der Waals surface area (Å²) < 4.78 is 5.55. The molecule has 0 aliphatic carbocycles. The van der Waals surface area contributed by atoms with E-state index in [2.05, 4.69) is 17.1 Å². The number of carboxylic acids is 1. The molecule has 4 rings (SSSR count). The van der Waals surface area contributed by atoms with Gasteiger partial charge < -0.3 is 9.52 Å². The highest BCUT2D eigenvalue weighted by Gasteiger charge is 2.11. The number of oxazole rings is 1. The Labute approximate surface area is 150 Å². The van der Waals surface area contributed by atoms with Gasteiger partial charge in [-0.1, -0.05) is 60.7 Å². The number of aromatic carboxylic acids is 1. The summed E-state index contributed by atoms with van der Waals surface area (Å²) in [6.07, 6.45) is 1.58. The van der Waals surface area contributed by atoms with E-state index in [1.807, 2.05) is 42.5 Å². The second kappa shape index (κ2) is 6.69. The van der Waals surface area contributed by atoms with E-state index in [1.54, 1.807) is 24.5 Å². The van der Waals surface area contributed by atoms with E-state index in [0.29, 0.717) is 17.1 Å². The van der Waals surface area contributed by atoms with Crippen LogP contribution < -0.4 is 0 Å². The second-order valence-electron chi connectivity index (χ2n) is 5.87. The lowest BCUT2D eigenvalue weighted by Crippen LogP contribution is -1.95. The third kappa shape index (κ3) is 3.13. The van der Waals surface area contributed by atoms with Gasteiger partial charge >= 0.3 is 5.97 Å². The van der Waals surface area contributed by atoms with E-state index >= 15 is 0 Å². The lowest BCUT2D eigenvalue weighted by atomic mass is 10.0. The van der Waals surface area contributed by atoms with Crippen LogP contribution >= 0.6 is 0 Å². The minimum atomic E-state index is -0.977. The molecule has 0 amide bonds. The van der Waals surface area contributed by atoms with Crippen molar-refractivity contribution in [1.82, 2.24) is 4.98 Å². The van der Waals surface area contributed by atoms with E-state index < -0.39 is 5.97 Å². The number of carbonyl (C=O) groups is 1. The molecule has 0 bridgehead atoms. The Morgan fingerprint density at radius 2 is 1.42 bits per heavy atom. The molecule has 1 aromatic heterocycles. The Morgan fingerprint density at radius 1 is 0.769 bits per heavy atom. The van der Waals surface area contributed by atoms with Crippen molar-refractivity contribution in [2.75, 3.05) is 0 Å². The van der Waals surface area contributed by atoms with Gasteiger partial charge in [0.15, 0.2) is 0 Å². The van der Waals surface area contributed by atoms with Crippen LogP contribution in [0.3, 0.4) is 0 Å². The molecule has 0 fully saturated rings. The molecule has 0 unspecified atom stereocenters. The van der Waals surface area contributed by atoms with Gasteiger partial charge in [-0.05, 0) is 29.3 Å². The number of aromatic nitrogens is 1. The fourth-order valence-electron chi connectivity index (χ4n) is 2.79. The van der Waals surface area contributed by atoms with Crippen LogP contribution in [0.2, 0.25) is 0 Å². The molecule has 1 heterocycles. The van der Waals surface area contributed by atoms with Crippen molar-refractivity contribution in [3.05, 3.63) is 90.7 Å². The van der Waals surface area contributed by atoms with E-state index in [4.69, 9.17) is 9.52 Å². The molecule has 126 valence electrons. The maximum absolute atomic E-state index is 11.1. The zero-order valence-electron chi connectivity index (χ0n) is 13.8. The summed E-state index contributed by atoms with van der Waals surface area (Å²) in [6.45, 7) is 0. The quantitative estimate of drug-likeness (QED) is 0.542. The van der Waals surface area contributed by atoms with Crippen LogP contribution in [0, 0.1) is 0 Å². The van der Waals surface area contributed by atoms with Crippen molar-refractivity contribution in [2.24, 2.45) is 0 Å². The Bertz CT molecular complexity index is 1050. The topological polar surface area (TPSA) is 63.3 Å². The van der Waals surface area contributed by atoms with Gasteiger partial charge in [-0.3, -0.25) is 0 Å². The minimum absolute atomic E-state index is 0.203. The SMILES string of the molecule is O=C(O)c1cccc(-c2nc(-c3ccc(-c4ccccc4)cc3)co2)c1. The van der Waals surface area contributed by atoms with Crippen molar-refractivity contribution in [3.8, 4) is 33.8 Å². The van der Waals surface area contributed by atoms with Gasteiger partial charge in [-0.25, -0.2) is 9.78 Å². The van der Waals surface area contributed by atoms with Crippen LogP contribution in [-0.2, 0) is 0 Å². The van der Waals surface area contributed by atoms with Crippen LogP contribution in [0.1, 0.15) is 10.4 Å². The normalized spacial score (nSPS) is 10.6. The average molecular weight is 341 g/mol. The van der Waals surface area contributed by atoms with Crippen LogP contribution in [-0.4, -0.2) is 16.1 Å². The predicted octanol–water partition coefficient (Wildman–Crippen LogP) is 5.37. The monoisotopic (exact) mass is 341 g/mol. The fourth-order valence-corrected chi connectivity index (χ4v) is 2.79. The fraction of sp³-hybridized carbons (Fsp3) is 0. The Balaban J connectivity index is 1.62. The molecule has 4 nitrogen and oxygen atoms in total. The maximum Gasteiger partial charge on any atom is 0.335 e. The lowest BCUT2D eigenvalue weighted by molar-refractivity contribution is 0.0697. The van der Waals surface area contributed by atoms with Gasteiger partial charge in [0.25, 0.3) is 0 Å². The van der Waals surface area contributed by atoms with Crippen LogP contribution in [0.25, 0.3) is 33.8 Å². The van der Waals surface area contributed by atoms with E-state index in [1.165, 1.54) is 6.07 Å². The summed E-state index contributed by atoms with van der Waals surface area (Å²) in [5.41, 5.74) is 4.78. The van der Waals surface area contributed by atoms with Crippen molar-refractivity contribution < 1.29 is 14.3 Å². The van der Waals surface area contributed by atoms with E-state index in [0.717, 1.165) is 16.7 Å². The van der Waals surface area contributed by atoms with Gasteiger partial charge in [-0.2, -0.15) is 0 Å². The van der Waals surface area contributed by atoms with Crippen LogP contribution in [0.5, 0.6) is 0 Å². The number of carboxylic acid groups (broad SMARTS) is 1. The first kappa shape index (κ1) is 15.8. The summed E-state index contributed by atoms with van der Waals surface area (Å²) in [5.74, 6) is -0.578. The largest absolute Gasteiger partial charge is 0.478 e. The molecule has 4 heteroatoms. The van der Waals surface area contributed by atoms with Gasteiger partial charge in [-0.15, -0.1) is 0 Å². The molecular formula is C22H15NO3. The minimum Gasteiger partial charge on any atom is -0.478 e. The molecule has 0 aliphatic heterocycles. The highest BCUT2D eigenvalue weighted by Crippen LogP contribution is 2.27. The standard InChI is InChI=1S/C22H15NO3/c24-22(25)19-8-4-7-18(13-19)21-23-20(14-26-21)17-11-9-16(10-12-17)15-5-2-1-3-6-15/h1-14H,(H,24,25). The van der Waals surface area contributed by atoms with Gasteiger partial charge in [0.2, 0.25) is 5.89 Å². The molecule has 26 heavy (non-hydrogen) atoms. The van der Waals surface area contributed by atoms with Gasteiger partial charge in [0.05, 0.1) is 5.56 Å². The molecule has 0 spiro atoms. The Morgan fingerprint density at radius 3 is 2.15 bits per heavy atom. The summed E-state index contributed by atoms with van der Waals surface area (Å²) in [7, 11) is 0. The number of nitrogens with zero attached hydrogens (tertiary/aromatic N) is 1. The smallest absolute Gasteiger partial charge is 0.335 e. The molecule has 1 N–H and O–H groups in total.